The van der Waals surface area contributed by atoms with Crippen LogP contribution < -0.4 is 0 Å². The van der Waals surface area contributed by atoms with E-state index < -0.39 is 29.4 Å². The van der Waals surface area contributed by atoms with E-state index in [1.165, 1.54) is 6.04 Å². The van der Waals surface area contributed by atoms with Crippen molar-refractivity contribution in [3.63, 3.8) is 0 Å². The van der Waals surface area contributed by atoms with Crippen molar-refractivity contribution in [3.05, 3.63) is 0 Å². The van der Waals surface area contributed by atoms with Crippen molar-refractivity contribution in [1.82, 2.24) is 0 Å². The van der Waals surface area contributed by atoms with Gasteiger partial charge in [-0.3, -0.25) is 4.79 Å². The van der Waals surface area contributed by atoms with Crippen LogP contribution in [0.1, 0.15) is 33.6 Å². The third-order valence-electron chi connectivity index (χ3n) is 6.21. The molecule has 0 aromatic carbocycles. The van der Waals surface area contributed by atoms with E-state index in [-0.39, 0.29) is 11.4 Å². The van der Waals surface area contributed by atoms with Gasteiger partial charge in [0.05, 0.1) is 12.0 Å². The van der Waals surface area contributed by atoms with Gasteiger partial charge < -0.3 is 4.74 Å². The summed E-state index contributed by atoms with van der Waals surface area (Å²) in [5.41, 5.74) is -0.342. The van der Waals surface area contributed by atoms with Crippen LogP contribution >= 0.6 is 0 Å². The molecule has 0 unspecified atom stereocenters. The minimum absolute atomic E-state index is 0.0220. The quantitative estimate of drug-likeness (QED) is 0.265. The van der Waals surface area contributed by atoms with E-state index in [9.17, 15) is 4.79 Å². The van der Waals surface area contributed by atoms with E-state index in [2.05, 4.69) is 65.8 Å². The summed E-state index contributed by atoms with van der Waals surface area (Å²) in [5.74, 6) is -0.0220. The Kier molecular flexibility index (Phi) is 8.03. The van der Waals surface area contributed by atoms with Crippen molar-refractivity contribution in [1.29, 1.82) is 0 Å². The first-order chi connectivity index (χ1) is 10.4. The topological polar surface area (TPSA) is 26.3 Å². The van der Waals surface area contributed by atoms with Gasteiger partial charge in [0.1, 0.15) is 0 Å². The Morgan fingerprint density at radius 1 is 0.833 bits per heavy atom. The fourth-order valence-electron chi connectivity index (χ4n) is 5.34. The molecule has 0 aromatic rings. The molecule has 2 nitrogen and oxygen atoms in total. The van der Waals surface area contributed by atoms with E-state index in [1.807, 2.05) is 13.8 Å². The SMILES string of the molecule is CCC(C)(C)C(=O)OCCC[Si]([Si](C)(C)C)([Si](C)(C)C)[Si](C)(C)C. The van der Waals surface area contributed by atoms with Gasteiger partial charge >= 0.3 is 5.97 Å². The second kappa shape index (κ2) is 7.92. The first-order valence-electron chi connectivity index (χ1n) is 9.61. The van der Waals surface area contributed by atoms with Crippen LogP contribution in [-0.4, -0.2) is 42.0 Å². The molecular weight excluding hydrogens is 361 g/mol. The molecule has 0 aliphatic carbocycles. The molecule has 0 bridgehead atoms. The van der Waals surface area contributed by atoms with Crippen LogP contribution in [0.5, 0.6) is 0 Å². The molecule has 0 heterocycles. The second-order valence-corrected chi connectivity index (χ2v) is 52.6. The van der Waals surface area contributed by atoms with Gasteiger partial charge in [0.2, 0.25) is 0 Å². The number of carbonyl (C=O) groups excluding carboxylic acids is 1. The van der Waals surface area contributed by atoms with E-state index in [0.29, 0.717) is 6.61 Å². The Hall–Kier alpha value is 0.338. The maximum Gasteiger partial charge on any atom is 0.311 e. The average Bonchev–Trinajstić information content (AvgIpc) is 2.33. The number of hydrogen-bond donors (Lipinski definition) is 0. The molecule has 0 spiro atoms. The highest BCUT2D eigenvalue weighted by Gasteiger charge is 2.60. The fourth-order valence-corrected chi connectivity index (χ4v) is 104. The molecule has 0 atom stereocenters. The van der Waals surface area contributed by atoms with Gasteiger partial charge in [-0.1, -0.05) is 71.9 Å². The van der Waals surface area contributed by atoms with Crippen molar-refractivity contribution in [2.75, 3.05) is 6.61 Å². The highest BCUT2D eigenvalue weighted by molar-refractivity contribution is 7.89. The van der Waals surface area contributed by atoms with Crippen molar-refractivity contribution in [3.8, 4) is 0 Å². The summed E-state index contributed by atoms with van der Waals surface area (Å²) in [6.45, 7) is 29.0. The maximum absolute atomic E-state index is 12.2. The van der Waals surface area contributed by atoms with Crippen LogP contribution in [0, 0.1) is 5.41 Å². The molecule has 0 amide bonds. The molecule has 0 aliphatic heterocycles. The highest BCUT2D eigenvalue weighted by atomic mass is 29.9. The Morgan fingerprint density at radius 3 is 1.50 bits per heavy atom. The molecule has 6 heteroatoms. The van der Waals surface area contributed by atoms with Crippen LogP contribution in [0.4, 0.5) is 0 Å². The standard InChI is InChI=1S/C18H44O2Si4/c1-13-18(2,3)17(19)20-15-14-16-24(21(4,5)6,22(7,8)9)23(10,11)12/h13-16H2,1-12H3. The van der Waals surface area contributed by atoms with Crippen LogP contribution in [0.3, 0.4) is 0 Å². The summed E-state index contributed by atoms with van der Waals surface area (Å²) in [7, 11) is -3.62. The lowest BCUT2D eigenvalue weighted by atomic mass is 9.91. The molecule has 0 aliphatic rings. The summed E-state index contributed by atoms with van der Waals surface area (Å²) >= 11 is 0. The van der Waals surface area contributed by atoms with Gasteiger partial charge in [-0.25, -0.2) is 0 Å². The molecule has 0 N–H and O–H groups in total. The predicted octanol–water partition coefficient (Wildman–Crippen LogP) is 6.05. The monoisotopic (exact) mass is 404 g/mol. The normalized spacial score (nSPS) is 14.7. The zero-order valence-corrected chi connectivity index (χ0v) is 22.6. The summed E-state index contributed by atoms with van der Waals surface area (Å²) in [5, 5.41) is 0. The maximum atomic E-state index is 12.2. The lowest BCUT2D eigenvalue weighted by Crippen LogP contribution is -2.82. The van der Waals surface area contributed by atoms with Crippen molar-refractivity contribution in [2.24, 2.45) is 5.41 Å². The highest BCUT2D eigenvalue weighted by Crippen LogP contribution is 2.40. The minimum atomic E-state index is -1.30. The number of esters is 1. The number of carbonyl (C=O) groups is 1. The third kappa shape index (κ3) is 5.17. The number of hydrogen-bond acceptors (Lipinski definition) is 2. The smallest absolute Gasteiger partial charge is 0.311 e. The van der Waals surface area contributed by atoms with E-state index in [1.54, 1.807) is 0 Å². The summed E-state index contributed by atoms with van der Waals surface area (Å²) in [6, 6.07) is 1.38. The molecule has 0 radical (unpaired) electrons. The lowest BCUT2D eigenvalue weighted by Gasteiger charge is -2.58. The molecule has 0 aromatic heterocycles. The van der Waals surface area contributed by atoms with Crippen LogP contribution in [0.2, 0.25) is 65.0 Å². The van der Waals surface area contributed by atoms with Gasteiger partial charge in [-0.05, 0) is 26.7 Å². The van der Waals surface area contributed by atoms with Crippen molar-refractivity contribution in [2.45, 2.75) is 98.6 Å². The van der Waals surface area contributed by atoms with Crippen molar-refractivity contribution < 1.29 is 9.53 Å². The number of ether oxygens (including phenoxy) is 1. The Labute approximate surface area is 155 Å². The Balaban J connectivity index is 5.25. The molecule has 0 saturated carbocycles. The van der Waals surface area contributed by atoms with Gasteiger partial charge in [-0.15, -0.1) is 0 Å². The summed E-state index contributed by atoms with van der Waals surface area (Å²) in [4.78, 5) is 12.2. The zero-order valence-electron chi connectivity index (χ0n) is 18.6. The molecule has 0 rings (SSSR count). The van der Waals surface area contributed by atoms with Crippen molar-refractivity contribution >= 4 is 35.4 Å². The molecule has 24 heavy (non-hydrogen) atoms. The lowest BCUT2D eigenvalue weighted by molar-refractivity contribution is -0.154. The van der Waals surface area contributed by atoms with Gasteiger partial charge in [0.25, 0.3) is 0 Å². The second-order valence-electron chi connectivity index (χ2n) is 11.1. The van der Waals surface area contributed by atoms with Crippen LogP contribution in [-0.2, 0) is 9.53 Å². The predicted molar refractivity (Wildman–Crippen MR) is 120 cm³/mol. The molecular formula is C18H44O2Si4. The molecule has 0 fully saturated rings. The summed E-state index contributed by atoms with van der Waals surface area (Å²) in [6.07, 6.45) is 1.92. The van der Waals surface area contributed by atoms with Gasteiger partial charge in [0, 0.05) is 29.4 Å². The van der Waals surface area contributed by atoms with Gasteiger partial charge in [-0.2, -0.15) is 0 Å². The first kappa shape index (κ1) is 24.3. The Bertz CT molecular complexity index is 390. The zero-order chi connectivity index (χ0) is 19.6. The van der Waals surface area contributed by atoms with E-state index >= 15 is 0 Å². The minimum Gasteiger partial charge on any atom is -0.465 e. The fraction of sp³-hybridized carbons (Fsp3) is 0.944. The van der Waals surface area contributed by atoms with E-state index in [0.717, 1.165) is 12.8 Å². The Morgan fingerprint density at radius 2 is 1.21 bits per heavy atom. The summed E-state index contributed by atoms with van der Waals surface area (Å²) < 4.78 is 5.66. The van der Waals surface area contributed by atoms with E-state index in [4.69, 9.17) is 4.74 Å². The van der Waals surface area contributed by atoms with Gasteiger partial charge in [0.15, 0.2) is 0 Å². The van der Waals surface area contributed by atoms with Crippen LogP contribution in [0.25, 0.3) is 0 Å². The van der Waals surface area contributed by atoms with Crippen LogP contribution in [0.15, 0.2) is 0 Å². The molecule has 144 valence electrons. The number of rotatable bonds is 9. The average molecular weight is 405 g/mol. The largest absolute Gasteiger partial charge is 0.465 e. The molecule has 0 saturated heterocycles. The first-order valence-corrected chi connectivity index (χ1v) is 25.3. The third-order valence-corrected chi connectivity index (χ3v) is 80.8.